The van der Waals surface area contributed by atoms with Crippen LogP contribution in [0, 0.1) is 0 Å². The molecule has 0 atom stereocenters. The van der Waals surface area contributed by atoms with Crippen molar-refractivity contribution in [1.29, 1.82) is 0 Å². The Balaban J connectivity index is 1.33. The second kappa shape index (κ2) is 4.85. The van der Waals surface area contributed by atoms with Gasteiger partial charge in [-0.2, -0.15) is 4.98 Å². The lowest BCUT2D eigenvalue weighted by Gasteiger charge is -2.39. The summed E-state index contributed by atoms with van der Waals surface area (Å²) in [5.41, 5.74) is 4.15. The Hall–Kier alpha value is -2.82. The summed E-state index contributed by atoms with van der Waals surface area (Å²) in [7, 11) is 0. The number of rotatable bonds is 3. The Morgan fingerprint density at radius 2 is 1.64 bits per heavy atom. The molecule has 0 spiro atoms. The second-order valence-corrected chi connectivity index (χ2v) is 7.13. The van der Waals surface area contributed by atoms with Crippen LogP contribution < -0.4 is 4.90 Å². The average molecular weight is 330 g/mol. The molecule has 1 saturated heterocycles. The van der Waals surface area contributed by atoms with Crippen molar-refractivity contribution < 1.29 is 4.42 Å². The van der Waals surface area contributed by atoms with Gasteiger partial charge in [-0.05, 0) is 37.1 Å². The number of para-hydroxylation sites is 4. The van der Waals surface area contributed by atoms with Gasteiger partial charge in [0.05, 0.1) is 17.1 Å². The molecular weight excluding hydrogens is 312 g/mol. The number of imidazole rings is 1. The summed E-state index contributed by atoms with van der Waals surface area (Å²) < 4.78 is 8.37. The molecule has 1 saturated carbocycles. The minimum Gasteiger partial charge on any atom is -0.423 e. The maximum atomic E-state index is 5.91. The molecule has 1 aliphatic heterocycles. The van der Waals surface area contributed by atoms with E-state index in [9.17, 15) is 0 Å². The van der Waals surface area contributed by atoms with E-state index >= 15 is 0 Å². The lowest BCUT2D eigenvalue weighted by Crippen LogP contribution is -2.48. The van der Waals surface area contributed by atoms with Gasteiger partial charge in [0, 0.05) is 19.0 Å². The van der Waals surface area contributed by atoms with Crippen LogP contribution in [-0.2, 0) is 0 Å². The van der Waals surface area contributed by atoms with Gasteiger partial charge in [0.15, 0.2) is 5.58 Å². The third-order valence-electron chi connectivity index (χ3n) is 5.35. The molecule has 0 radical (unpaired) electrons. The van der Waals surface area contributed by atoms with Gasteiger partial charge in [0.2, 0.25) is 0 Å². The molecule has 0 N–H and O–H groups in total. The zero-order valence-corrected chi connectivity index (χ0v) is 13.8. The highest BCUT2D eigenvalue weighted by Crippen LogP contribution is 2.43. The van der Waals surface area contributed by atoms with E-state index in [-0.39, 0.29) is 0 Å². The molecule has 0 unspecified atom stereocenters. The first kappa shape index (κ1) is 13.5. The number of aromatic nitrogens is 3. The predicted molar refractivity (Wildman–Crippen MR) is 97.0 cm³/mol. The fourth-order valence-electron chi connectivity index (χ4n) is 3.85. The first-order valence-electron chi connectivity index (χ1n) is 8.94. The molecule has 1 aliphatic carbocycles. The smallest absolute Gasteiger partial charge is 0.298 e. The molecular formula is C20H18N4O. The number of anilines is 1. The molecule has 5 heteroatoms. The van der Waals surface area contributed by atoms with E-state index in [1.165, 1.54) is 24.2 Å². The van der Waals surface area contributed by atoms with Crippen LogP contribution in [-0.4, -0.2) is 27.6 Å². The van der Waals surface area contributed by atoms with Crippen molar-refractivity contribution in [2.24, 2.45) is 0 Å². The van der Waals surface area contributed by atoms with Gasteiger partial charge in [-0.1, -0.05) is 24.3 Å². The van der Waals surface area contributed by atoms with E-state index in [0.717, 1.165) is 35.7 Å². The summed E-state index contributed by atoms with van der Waals surface area (Å²) in [6.07, 6.45) is 2.54. The standard InChI is InChI=1S/C20H18N4O/c1-3-7-17-15(5-1)21-19(13-9-10-13)24(17)14-11-23(12-14)20-22-16-6-2-4-8-18(16)25-20/h1-8,13-14H,9-12H2. The zero-order valence-electron chi connectivity index (χ0n) is 13.8. The van der Waals surface area contributed by atoms with Crippen molar-refractivity contribution >= 4 is 28.1 Å². The highest BCUT2D eigenvalue weighted by Gasteiger charge is 2.37. The molecule has 124 valence electrons. The van der Waals surface area contributed by atoms with E-state index in [1.807, 2.05) is 24.3 Å². The minimum atomic E-state index is 0.443. The van der Waals surface area contributed by atoms with Gasteiger partial charge in [-0.25, -0.2) is 4.98 Å². The van der Waals surface area contributed by atoms with Crippen LogP contribution in [0.4, 0.5) is 6.01 Å². The number of hydrogen-bond donors (Lipinski definition) is 0. The van der Waals surface area contributed by atoms with Crippen molar-refractivity contribution in [3.8, 4) is 0 Å². The topological polar surface area (TPSA) is 47.1 Å². The lowest BCUT2D eigenvalue weighted by atomic mass is 10.1. The van der Waals surface area contributed by atoms with Crippen LogP contribution in [0.3, 0.4) is 0 Å². The average Bonchev–Trinajstić information content (AvgIpc) is 3.25. The number of benzene rings is 2. The van der Waals surface area contributed by atoms with Crippen LogP contribution in [0.5, 0.6) is 0 Å². The van der Waals surface area contributed by atoms with E-state index in [1.54, 1.807) is 0 Å². The molecule has 0 amide bonds. The highest BCUT2D eigenvalue weighted by atomic mass is 16.4. The van der Waals surface area contributed by atoms with Crippen molar-refractivity contribution in [2.75, 3.05) is 18.0 Å². The number of nitrogens with zero attached hydrogens (tertiary/aromatic N) is 4. The SMILES string of the molecule is c1ccc2oc(N3CC(n4c(C5CC5)nc5ccccc54)C3)nc2c1. The van der Waals surface area contributed by atoms with Crippen LogP contribution in [0.15, 0.2) is 52.9 Å². The first-order chi connectivity index (χ1) is 12.4. The molecule has 4 aromatic rings. The molecule has 2 aromatic carbocycles. The van der Waals surface area contributed by atoms with Crippen molar-refractivity contribution in [3.05, 3.63) is 54.4 Å². The van der Waals surface area contributed by atoms with Gasteiger partial charge >= 0.3 is 0 Å². The Morgan fingerprint density at radius 3 is 2.44 bits per heavy atom. The Kier molecular flexibility index (Phi) is 2.61. The van der Waals surface area contributed by atoms with Gasteiger partial charge in [0.25, 0.3) is 6.01 Å². The van der Waals surface area contributed by atoms with Crippen LogP contribution in [0.1, 0.15) is 30.6 Å². The molecule has 25 heavy (non-hydrogen) atoms. The summed E-state index contributed by atoms with van der Waals surface area (Å²) >= 11 is 0. The van der Waals surface area contributed by atoms with Crippen molar-refractivity contribution in [3.63, 3.8) is 0 Å². The van der Waals surface area contributed by atoms with E-state index < -0.39 is 0 Å². The predicted octanol–water partition coefficient (Wildman–Crippen LogP) is 4.12. The van der Waals surface area contributed by atoms with E-state index in [4.69, 9.17) is 9.40 Å². The normalized spacial score (nSPS) is 18.2. The number of oxazole rings is 1. The van der Waals surface area contributed by atoms with Gasteiger partial charge in [-0.15, -0.1) is 0 Å². The second-order valence-electron chi connectivity index (χ2n) is 7.13. The van der Waals surface area contributed by atoms with Gasteiger partial charge < -0.3 is 13.9 Å². The molecule has 5 nitrogen and oxygen atoms in total. The first-order valence-corrected chi connectivity index (χ1v) is 8.94. The summed E-state index contributed by atoms with van der Waals surface area (Å²) in [5.74, 6) is 1.91. The van der Waals surface area contributed by atoms with Crippen LogP contribution in [0.25, 0.3) is 22.1 Å². The van der Waals surface area contributed by atoms with E-state index in [0.29, 0.717) is 12.0 Å². The molecule has 2 aliphatic rings. The third-order valence-corrected chi connectivity index (χ3v) is 5.35. The molecule has 2 fully saturated rings. The van der Waals surface area contributed by atoms with Gasteiger partial charge in [0.1, 0.15) is 11.3 Å². The number of fused-ring (bicyclic) bond motifs is 2. The molecule has 3 heterocycles. The third kappa shape index (κ3) is 2.02. The lowest BCUT2D eigenvalue weighted by molar-refractivity contribution is 0.372. The Morgan fingerprint density at radius 1 is 0.880 bits per heavy atom. The Labute approximate surface area is 144 Å². The largest absolute Gasteiger partial charge is 0.423 e. The molecule has 2 aromatic heterocycles. The van der Waals surface area contributed by atoms with Crippen LogP contribution >= 0.6 is 0 Å². The molecule has 0 bridgehead atoms. The summed E-state index contributed by atoms with van der Waals surface area (Å²) in [6, 6.07) is 17.6. The zero-order chi connectivity index (χ0) is 16.4. The van der Waals surface area contributed by atoms with Crippen molar-refractivity contribution in [2.45, 2.75) is 24.8 Å². The summed E-state index contributed by atoms with van der Waals surface area (Å²) in [6.45, 7) is 1.85. The quantitative estimate of drug-likeness (QED) is 0.567. The van der Waals surface area contributed by atoms with Crippen LogP contribution in [0.2, 0.25) is 0 Å². The Bertz CT molecular complexity index is 1050. The monoisotopic (exact) mass is 330 g/mol. The maximum absolute atomic E-state index is 5.91. The molecule has 6 rings (SSSR count). The summed E-state index contributed by atoms with van der Waals surface area (Å²) in [5, 5.41) is 0. The number of hydrogen-bond acceptors (Lipinski definition) is 4. The van der Waals surface area contributed by atoms with Crippen molar-refractivity contribution in [1.82, 2.24) is 14.5 Å². The fourth-order valence-corrected chi connectivity index (χ4v) is 3.85. The maximum Gasteiger partial charge on any atom is 0.298 e. The highest BCUT2D eigenvalue weighted by molar-refractivity contribution is 5.77. The minimum absolute atomic E-state index is 0.443. The van der Waals surface area contributed by atoms with E-state index in [2.05, 4.69) is 38.7 Å². The fraction of sp³-hybridized carbons (Fsp3) is 0.300. The van der Waals surface area contributed by atoms with Gasteiger partial charge in [-0.3, -0.25) is 0 Å². The summed E-state index contributed by atoms with van der Waals surface area (Å²) in [4.78, 5) is 11.8.